The largest absolute Gasteiger partial charge is 0.369 e. The highest BCUT2D eigenvalue weighted by atomic mass is 16.1. The van der Waals surface area contributed by atoms with Gasteiger partial charge in [-0.2, -0.15) is 0 Å². The van der Waals surface area contributed by atoms with Crippen LogP contribution >= 0.6 is 0 Å². The van der Waals surface area contributed by atoms with Crippen molar-refractivity contribution < 1.29 is 4.79 Å². The fourth-order valence-electron chi connectivity index (χ4n) is 3.31. The van der Waals surface area contributed by atoms with Crippen LogP contribution in [0.4, 0.5) is 0 Å². The SMILES string of the molecule is CC1(N)CC2C(CC1C(N)=O)C2(C)C. The van der Waals surface area contributed by atoms with Gasteiger partial charge in [-0.05, 0) is 37.0 Å². The summed E-state index contributed by atoms with van der Waals surface area (Å²) >= 11 is 0. The van der Waals surface area contributed by atoms with Gasteiger partial charge >= 0.3 is 0 Å². The van der Waals surface area contributed by atoms with E-state index >= 15 is 0 Å². The molecule has 1 amide bonds. The van der Waals surface area contributed by atoms with E-state index in [0.717, 1.165) is 12.8 Å². The third kappa shape index (κ3) is 1.18. The summed E-state index contributed by atoms with van der Waals surface area (Å²) in [7, 11) is 0. The molecule has 0 aromatic heterocycles. The highest BCUT2D eigenvalue weighted by Gasteiger charge is 2.64. The summed E-state index contributed by atoms with van der Waals surface area (Å²) in [5.41, 5.74) is 11.5. The summed E-state index contributed by atoms with van der Waals surface area (Å²) in [6, 6.07) is 0. The first-order chi connectivity index (χ1) is 6.27. The minimum atomic E-state index is -0.388. The fraction of sp³-hybridized carbons (Fsp3) is 0.909. The summed E-state index contributed by atoms with van der Waals surface area (Å²) in [5, 5.41) is 0. The Hall–Kier alpha value is -0.570. The van der Waals surface area contributed by atoms with Gasteiger partial charge in [0.05, 0.1) is 5.92 Å². The van der Waals surface area contributed by atoms with Crippen LogP contribution in [0.2, 0.25) is 0 Å². The first kappa shape index (κ1) is 9.97. The first-order valence-electron chi connectivity index (χ1n) is 5.35. The number of primary amides is 1. The zero-order valence-electron chi connectivity index (χ0n) is 9.21. The molecule has 14 heavy (non-hydrogen) atoms. The van der Waals surface area contributed by atoms with E-state index in [-0.39, 0.29) is 17.4 Å². The van der Waals surface area contributed by atoms with Gasteiger partial charge < -0.3 is 11.5 Å². The molecule has 2 aliphatic rings. The number of hydrogen-bond acceptors (Lipinski definition) is 2. The zero-order valence-corrected chi connectivity index (χ0v) is 9.21. The number of carbonyl (C=O) groups is 1. The van der Waals surface area contributed by atoms with Crippen molar-refractivity contribution in [2.24, 2.45) is 34.6 Å². The molecular weight excluding hydrogens is 176 g/mol. The maximum Gasteiger partial charge on any atom is 0.222 e. The van der Waals surface area contributed by atoms with Gasteiger partial charge in [0.2, 0.25) is 5.91 Å². The number of carbonyl (C=O) groups excluding carboxylic acids is 1. The Labute approximate surface area is 85.2 Å². The third-order valence-electron chi connectivity index (χ3n) is 4.58. The zero-order chi connectivity index (χ0) is 10.7. The van der Waals surface area contributed by atoms with Crippen molar-refractivity contribution in [3.63, 3.8) is 0 Å². The van der Waals surface area contributed by atoms with Crippen molar-refractivity contribution in [1.82, 2.24) is 0 Å². The van der Waals surface area contributed by atoms with Crippen LogP contribution < -0.4 is 11.5 Å². The smallest absolute Gasteiger partial charge is 0.222 e. The van der Waals surface area contributed by atoms with Crippen LogP contribution in [0, 0.1) is 23.2 Å². The predicted molar refractivity (Wildman–Crippen MR) is 55.3 cm³/mol. The Kier molecular flexibility index (Phi) is 1.79. The van der Waals surface area contributed by atoms with Gasteiger partial charge in [0, 0.05) is 5.54 Å². The molecule has 0 aromatic carbocycles. The molecule has 0 aliphatic heterocycles. The van der Waals surface area contributed by atoms with E-state index in [2.05, 4.69) is 13.8 Å². The van der Waals surface area contributed by atoms with Crippen molar-refractivity contribution >= 4 is 5.91 Å². The Morgan fingerprint density at radius 3 is 2.36 bits per heavy atom. The molecular formula is C11H20N2O. The average Bonchev–Trinajstić information content (AvgIpc) is 2.49. The summed E-state index contributed by atoms with van der Waals surface area (Å²) in [5.74, 6) is 1.01. The van der Waals surface area contributed by atoms with Crippen molar-refractivity contribution in [3.8, 4) is 0 Å². The lowest BCUT2D eigenvalue weighted by Gasteiger charge is -2.35. The van der Waals surface area contributed by atoms with Gasteiger partial charge in [0.25, 0.3) is 0 Å². The summed E-state index contributed by atoms with van der Waals surface area (Å²) in [6.45, 7) is 6.50. The maximum absolute atomic E-state index is 11.3. The van der Waals surface area contributed by atoms with Crippen LogP contribution in [0.25, 0.3) is 0 Å². The van der Waals surface area contributed by atoms with Crippen molar-refractivity contribution in [2.75, 3.05) is 0 Å². The quantitative estimate of drug-likeness (QED) is 0.653. The maximum atomic E-state index is 11.3. The van der Waals surface area contributed by atoms with Crippen molar-refractivity contribution in [1.29, 1.82) is 0 Å². The van der Waals surface area contributed by atoms with Gasteiger partial charge in [0.1, 0.15) is 0 Å². The molecule has 2 saturated carbocycles. The Morgan fingerprint density at radius 2 is 1.86 bits per heavy atom. The van der Waals surface area contributed by atoms with Crippen molar-refractivity contribution in [2.45, 2.75) is 39.2 Å². The number of fused-ring (bicyclic) bond motifs is 1. The topological polar surface area (TPSA) is 69.1 Å². The highest BCUT2D eigenvalue weighted by Crippen LogP contribution is 2.67. The number of rotatable bonds is 1. The van der Waals surface area contributed by atoms with Gasteiger partial charge in [-0.1, -0.05) is 13.8 Å². The van der Waals surface area contributed by atoms with E-state index in [9.17, 15) is 4.79 Å². The average molecular weight is 196 g/mol. The van der Waals surface area contributed by atoms with Crippen molar-refractivity contribution in [3.05, 3.63) is 0 Å². The lowest BCUT2D eigenvalue weighted by Crippen LogP contribution is -2.52. The highest BCUT2D eigenvalue weighted by molar-refractivity contribution is 5.78. The van der Waals surface area contributed by atoms with Crippen LogP contribution in [-0.4, -0.2) is 11.4 Å². The molecule has 0 radical (unpaired) electrons. The van der Waals surface area contributed by atoms with E-state index in [1.807, 2.05) is 6.92 Å². The summed E-state index contributed by atoms with van der Waals surface area (Å²) in [6.07, 6.45) is 1.83. The Morgan fingerprint density at radius 1 is 1.29 bits per heavy atom. The van der Waals surface area contributed by atoms with Gasteiger partial charge in [0.15, 0.2) is 0 Å². The molecule has 0 bridgehead atoms. The molecule has 4 unspecified atom stereocenters. The monoisotopic (exact) mass is 196 g/mol. The second kappa shape index (κ2) is 2.51. The molecule has 0 heterocycles. The van der Waals surface area contributed by atoms with Gasteiger partial charge in [-0.25, -0.2) is 0 Å². The molecule has 4 atom stereocenters. The number of amides is 1. The van der Waals surface area contributed by atoms with E-state index in [1.165, 1.54) is 0 Å². The normalized spacial score (nSPS) is 49.6. The second-order valence-electron chi connectivity index (χ2n) is 5.93. The van der Waals surface area contributed by atoms with E-state index < -0.39 is 0 Å². The molecule has 0 aromatic rings. The van der Waals surface area contributed by atoms with Crippen LogP contribution in [0.1, 0.15) is 33.6 Å². The van der Waals surface area contributed by atoms with E-state index in [0.29, 0.717) is 17.3 Å². The molecule has 2 rings (SSSR count). The fourth-order valence-corrected chi connectivity index (χ4v) is 3.31. The lowest BCUT2D eigenvalue weighted by molar-refractivity contribution is -0.124. The van der Waals surface area contributed by atoms with E-state index in [4.69, 9.17) is 11.5 Å². The molecule has 80 valence electrons. The summed E-state index contributed by atoms with van der Waals surface area (Å²) in [4.78, 5) is 11.3. The minimum Gasteiger partial charge on any atom is -0.369 e. The van der Waals surface area contributed by atoms with Crippen LogP contribution in [0.3, 0.4) is 0 Å². The molecule has 3 nitrogen and oxygen atoms in total. The van der Waals surface area contributed by atoms with Crippen LogP contribution in [0.15, 0.2) is 0 Å². The first-order valence-corrected chi connectivity index (χ1v) is 5.35. The van der Waals surface area contributed by atoms with E-state index in [1.54, 1.807) is 0 Å². The molecule has 0 spiro atoms. The molecule has 2 fully saturated rings. The molecule has 2 aliphatic carbocycles. The third-order valence-corrected chi connectivity index (χ3v) is 4.58. The standard InChI is InChI=1S/C11H20N2O/c1-10(2)6-4-7(9(12)14)11(3,13)5-8(6)10/h6-8H,4-5,13H2,1-3H3,(H2,12,14). The Balaban J connectivity index is 2.19. The number of nitrogens with two attached hydrogens (primary N) is 2. The lowest BCUT2D eigenvalue weighted by atomic mass is 9.74. The minimum absolute atomic E-state index is 0.134. The molecule has 4 N–H and O–H groups in total. The van der Waals surface area contributed by atoms with Gasteiger partial charge in [-0.15, -0.1) is 0 Å². The van der Waals surface area contributed by atoms with Gasteiger partial charge in [-0.3, -0.25) is 4.79 Å². The Bertz CT molecular complexity index is 283. The van der Waals surface area contributed by atoms with Crippen LogP contribution in [-0.2, 0) is 4.79 Å². The van der Waals surface area contributed by atoms with Crippen LogP contribution in [0.5, 0.6) is 0 Å². The second-order valence-corrected chi connectivity index (χ2v) is 5.93. The summed E-state index contributed by atoms with van der Waals surface area (Å²) < 4.78 is 0. The molecule has 0 saturated heterocycles. The number of hydrogen-bond donors (Lipinski definition) is 2. The predicted octanol–water partition coefficient (Wildman–Crippen LogP) is 0.871. The molecule has 3 heteroatoms.